The van der Waals surface area contributed by atoms with Crippen molar-refractivity contribution in [1.29, 1.82) is 0 Å². The molecule has 0 aromatic heterocycles. The van der Waals surface area contributed by atoms with Crippen LogP contribution in [0.3, 0.4) is 0 Å². The molecule has 1 saturated heterocycles. The summed E-state index contributed by atoms with van der Waals surface area (Å²) in [7, 11) is -2.64. The Labute approximate surface area is 269 Å². The fourth-order valence-corrected chi connectivity index (χ4v) is 12.1. The highest BCUT2D eigenvalue weighted by Gasteiger charge is 2.52. The smallest absolute Gasteiger partial charge is 0.261 e. The van der Waals surface area contributed by atoms with Crippen LogP contribution < -0.4 is 10.4 Å². The van der Waals surface area contributed by atoms with Crippen molar-refractivity contribution in [2.45, 2.75) is 109 Å². The van der Waals surface area contributed by atoms with Crippen LogP contribution >= 0.6 is 22.6 Å². The van der Waals surface area contributed by atoms with Crippen LogP contribution in [0.1, 0.15) is 80.6 Å². The van der Waals surface area contributed by atoms with Gasteiger partial charge in [-0.05, 0) is 66.4 Å². The maximum absolute atomic E-state index is 10.6. The zero-order chi connectivity index (χ0) is 30.6. The molecule has 0 radical (unpaired) electrons. The summed E-state index contributed by atoms with van der Waals surface area (Å²) in [6, 6.07) is 21.8. The van der Waals surface area contributed by atoms with Crippen LogP contribution in [0.4, 0.5) is 0 Å². The average Bonchev–Trinajstić information content (AvgIpc) is 2.97. The first-order valence-corrected chi connectivity index (χ1v) is 19.4. The van der Waals surface area contributed by atoms with Crippen molar-refractivity contribution in [2.75, 3.05) is 11.0 Å². The van der Waals surface area contributed by atoms with Gasteiger partial charge in [-0.3, -0.25) is 0 Å². The van der Waals surface area contributed by atoms with Gasteiger partial charge < -0.3 is 19.0 Å². The number of benzene rings is 2. The minimum Gasteiger partial charge on any atom is -0.407 e. The Morgan fingerprint density at radius 2 is 1.60 bits per heavy atom. The summed E-state index contributed by atoms with van der Waals surface area (Å²) in [4.78, 5) is 0. The highest BCUT2D eigenvalue weighted by atomic mass is 127. The van der Waals surface area contributed by atoms with Crippen molar-refractivity contribution in [1.82, 2.24) is 0 Å². The van der Waals surface area contributed by atoms with Crippen molar-refractivity contribution < 1.29 is 19.0 Å². The van der Waals surface area contributed by atoms with E-state index >= 15 is 0 Å². The van der Waals surface area contributed by atoms with E-state index in [1.807, 2.05) is 6.92 Å². The molecule has 1 N–H and O–H groups in total. The van der Waals surface area contributed by atoms with Crippen LogP contribution in [-0.2, 0) is 13.9 Å². The standard InChI is InChI=1S/C36H53IO4Si/c1-8-29(25-39-42(34(4,5)6,31-17-11-9-12-18-31)32-19-13-10-14-20-32)33-27(2)24-28(3)36(41-33)22-15-16-30(40-36)21-23-35(7,38)26-37/h9-15,17-20,22,27-30,33,38H,8,16,21,23-26H2,1-7H3/t27-,28+,29-,30+,33-,35-,36-/m0/s1. The van der Waals surface area contributed by atoms with Gasteiger partial charge in [-0.15, -0.1) is 0 Å². The predicted octanol–water partition coefficient (Wildman–Crippen LogP) is 7.66. The summed E-state index contributed by atoms with van der Waals surface area (Å²) in [6.07, 6.45) is 8.94. The fourth-order valence-electron chi connectivity index (χ4n) is 7.10. The van der Waals surface area contributed by atoms with E-state index in [-0.39, 0.29) is 29.1 Å². The second-order valence-electron chi connectivity index (χ2n) is 14.1. The van der Waals surface area contributed by atoms with E-state index in [1.54, 1.807) is 0 Å². The van der Waals surface area contributed by atoms with Gasteiger partial charge in [0.25, 0.3) is 8.32 Å². The molecule has 1 spiro atoms. The largest absolute Gasteiger partial charge is 0.407 e. The molecule has 232 valence electrons. The van der Waals surface area contributed by atoms with Gasteiger partial charge >= 0.3 is 0 Å². The zero-order valence-electron chi connectivity index (χ0n) is 26.8. The van der Waals surface area contributed by atoms with Crippen molar-refractivity contribution in [3.8, 4) is 0 Å². The lowest BCUT2D eigenvalue weighted by Crippen LogP contribution is -2.67. The topological polar surface area (TPSA) is 47.9 Å². The molecule has 2 aliphatic rings. The molecule has 2 heterocycles. The van der Waals surface area contributed by atoms with E-state index in [0.29, 0.717) is 17.0 Å². The monoisotopic (exact) mass is 704 g/mol. The molecule has 4 rings (SSSR count). The van der Waals surface area contributed by atoms with E-state index in [4.69, 9.17) is 13.9 Å². The molecule has 2 aromatic rings. The number of ether oxygens (including phenoxy) is 2. The van der Waals surface area contributed by atoms with Crippen LogP contribution in [0.25, 0.3) is 0 Å². The van der Waals surface area contributed by atoms with Crippen molar-refractivity contribution in [3.05, 3.63) is 72.8 Å². The van der Waals surface area contributed by atoms with Crippen LogP contribution in [0.2, 0.25) is 5.04 Å². The molecule has 0 unspecified atom stereocenters. The number of rotatable bonds is 11. The Morgan fingerprint density at radius 3 is 2.12 bits per heavy atom. The molecule has 2 aromatic carbocycles. The van der Waals surface area contributed by atoms with Gasteiger partial charge in [0.05, 0.1) is 17.8 Å². The molecular formula is C36H53IO4Si. The van der Waals surface area contributed by atoms with Gasteiger partial charge in [0, 0.05) is 22.9 Å². The number of hydrogen-bond acceptors (Lipinski definition) is 4. The first-order valence-electron chi connectivity index (χ1n) is 15.9. The summed E-state index contributed by atoms with van der Waals surface area (Å²) in [5, 5.41) is 13.2. The van der Waals surface area contributed by atoms with Crippen molar-refractivity contribution in [3.63, 3.8) is 0 Å². The Kier molecular flexibility index (Phi) is 11.2. The van der Waals surface area contributed by atoms with E-state index in [9.17, 15) is 5.11 Å². The van der Waals surface area contributed by atoms with Crippen LogP contribution in [0.5, 0.6) is 0 Å². The lowest BCUT2D eigenvalue weighted by molar-refractivity contribution is -0.316. The van der Waals surface area contributed by atoms with E-state index in [1.165, 1.54) is 10.4 Å². The Bertz CT molecular complexity index is 1110. The molecule has 0 bridgehead atoms. The minimum absolute atomic E-state index is 0.0327. The van der Waals surface area contributed by atoms with Gasteiger partial charge in [-0.25, -0.2) is 0 Å². The summed E-state index contributed by atoms with van der Waals surface area (Å²) < 4.78 is 22.1. The predicted molar refractivity (Wildman–Crippen MR) is 185 cm³/mol. The quantitative estimate of drug-likeness (QED) is 0.113. The van der Waals surface area contributed by atoms with Crippen LogP contribution in [-0.4, -0.2) is 48.1 Å². The summed E-state index contributed by atoms with van der Waals surface area (Å²) >= 11 is 2.27. The highest BCUT2D eigenvalue weighted by molar-refractivity contribution is 14.1. The maximum atomic E-state index is 10.6. The lowest BCUT2D eigenvalue weighted by Gasteiger charge is -2.51. The molecule has 6 heteroatoms. The normalized spacial score (nSPS) is 28.9. The molecule has 0 amide bonds. The maximum Gasteiger partial charge on any atom is 0.261 e. The van der Waals surface area contributed by atoms with Crippen LogP contribution in [0, 0.1) is 17.8 Å². The SMILES string of the molecule is CC[C@@H](CO[Si](c1ccccc1)(c1ccccc1)C(C)(C)C)[C@H]1O[C@@]2(C=CC[C@H](CC[C@](C)(O)CI)O2)[C@H](C)C[C@@H]1C. The number of hydrogen-bond donors (Lipinski definition) is 1. The zero-order valence-corrected chi connectivity index (χ0v) is 30.0. The molecule has 0 aliphatic carbocycles. The molecular weight excluding hydrogens is 651 g/mol. The molecule has 7 atom stereocenters. The van der Waals surface area contributed by atoms with Crippen LogP contribution in [0.15, 0.2) is 72.8 Å². The number of alkyl halides is 1. The lowest BCUT2D eigenvalue weighted by atomic mass is 9.78. The Morgan fingerprint density at radius 1 is 1.00 bits per heavy atom. The Hall–Kier alpha value is -1.03. The average molecular weight is 705 g/mol. The number of halogens is 1. The van der Waals surface area contributed by atoms with Gasteiger partial charge in [-0.1, -0.05) is 131 Å². The third-order valence-electron chi connectivity index (χ3n) is 9.61. The van der Waals surface area contributed by atoms with Crippen molar-refractivity contribution >= 4 is 41.3 Å². The van der Waals surface area contributed by atoms with E-state index < -0.39 is 19.7 Å². The van der Waals surface area contributed by atoms with Gasteiger partial charge in [0.15, 0.2) is 5.79 Å². The molecule has 4 nitrogen and oxygen atoms in total. The van der Waals surface area contributed by atoms with Gasteiger partial charge in [-0.2, -0.15) is 0 Å². The molecule has 42 heavy (non-hydrogen) atoms. The molecule has 2 aliphatic heterocycles. The summed E-state index contributed by atoms with van der Waals surface area (Å²) in [6.45, 7) is 16.5. The van der Waals surface area contributed by atoms with Crippen molar-refractivity contribution in [2.24, 2.45) is 17.8 Å². The summed E-state index contributed by atoms with van der Waals surface area (Å²) in [5.41, 5.74) is -0.667. The summed E-state index contributed by atoms with van der Waals surface area (Å²) in [5.74, 6) is 0.169. The Balaban J connectivity index is 1.60. The number of aliphatic hydroxyl groups is 1. The second kappa shape index (κ2) is 13.9. The second-order valence-corrected chi connectivity index (χ2v) is 19.2. The van der Waals surface area contributed by atoms with E-state index in [0.717, 1.165) is 32.1 Å². The van der Waals surface area contributed by atoms with Gasteiger partial charge in [0.2, 0.25) is 0 Å². The first-order chi connectivity index (χ1) is 19.9. The third-order valence-corrected chi connectivity index (χ3v) is 16.3. The fraction of sp³-hybridized carbons (Fsp3) is 0.611. The molecule has 1 fully saturated rings. The van der Waals surface area contributed by atoms with E-state index in [2.05, 4.69) is 137 Å². The highest BCUT2D eigenvalue weighted by Crippen LogP contribution is 2.46. The first kappa shape index (κ1) is 33.9. The molecule has 0 saturated carbocycles. The van der Waals surface area contributed by atoms with Gasteiger partial charge in [0.1, 0.15) is 0 Å². The third kappa shape index (κ3) is 7.26. The minimum atomic E-state index is -2.64.